The van der Waals surface area contributed by atoms with Crippen LogP contribution in [0.3, 0.4) is 0 Å². The van der Waals surface area contributed by atoms with Gasteiger partial charge in [-0.05, 0) is 24.1 Å². The molecule has 1 aliphatic heterocycles. The molecule has 1 aromatic carbocycles. The molecule has 0 N–H and O–H groups in total. The third-order valence-corrected chi connectivity index (χ3v) is 5.89. The lowest BCUT2D eigenvalue weighted by atomic mass is 10.1. The minimum Gasteiger partial charge on any atom is -0.342 e. The Balaban J connectivity index is 1.66. The molecule has 1 amide bonds. The lowest BCUT2D eigenvalue weighted by molar-refractivity contribution is -0.131. The van der Waals surface area contributed by atoms with E-state index in [0.29, 0.717) is 5.75 Å². The molecule has 0 atom stereocenters. The van der Waals surface area contributed by atoms with Gasteiger partial charge >= 0.3 is 0 Å². The molecule has 24 heavy (non-hydrogen) atoms. The van der Waals surface area contributed by atoms with Crippen LogP contribution >= 0.6 is 23.1 Å². The number of hydrogen-bond acceptors (Lipinski definition) is 5. The number of thiophene rings is 1. The highest BCUT2D eigenvalue weighted by Gasteiger charge is 2.21. The van der Waals surface area contributed by atoms with Crippen molar-refractivity contribution in [3.05, 3.63) is 41.8 Å². The van der Waals surface area contributed by atoms with Gasteiger partial charge in [-0.2, -0.15) is 0 Å². The summed E-state index contributed by atoms with van der Waals surface area (Å²) in [7, 11) is 0. The Bertz CT molecular complexity index is 890. The maximum atomic E-state index is 13.2. The Hall–Kier alpha value is -1.99. The van der Waals surface area contributed by atoms with Crippen molar-refractivity contribution in [2.45, 2.75) is 11.4 Å². The largest absolute Gasteiger partial charge is 0.342 e. The predicted octanol–water partition coefficient (Wildman–Crippen LogP) is 3.82. The standard InChI is InChI=1S/C17H14FN3OS2/c18-12-4-2-11(3-5-12)13-8-23-16-15(13)17(20-10-19-16)24-9-14(22)21-6-1-7-21/h2-5,8,10H,1,6-7,9H2. The van der Waals surface area contributed by atoms with E-state index in [0.717, 1.165) is 45.9 Å². The summed E-state index contributed by atoms with van der Waals surface area (Å²) in [4.78, 5) is 23.5. The molecule has 0 bridgehead atoms. The van der Waals surface area contributed by atoms with E-state index in [2.05, 4.69) is 9.97 Å². The molecule has 1 fully saturated rings. The van der Waals surface area contributed by atoms with Crippen LogP contribution in [0.4, 0.5) is 4.39 Å². The second-order valence-electron chi connectivity index (χ2n) is 5.54. The zero-order valence-electron chi connectivity index (χ0n) is 12.7. The molecular formula is C17H14FN3OS2. The topological polar surface area (TPSA) is 46.1 Å². The van der Waals surface area contributed by atoms with E-state index >= 15 is 0 Å². The van der Waals surface area contributed by atoms with E-state index in [1.165, 1.54) is 41.6 Å². The van der Waals surface area contributed by atoms with Crippen LogP contribution < -0.4 is 0 Å². The molecular weight excluding hydrogens is 345 g/mol. The number of carbonyl (C=O) groups is 1. The normalized spacial score (nSPS) is 14.0. The minimum absolute atomic E-state index is 0.150. The van der Waals surface area contributed by atoms with E-state index in [1.807, 2.05) is 10.3 Å². The van der Waals surface area contributed by atoms with E-state index in [9.17, 15) is 9.18 Å². The molecule has 4 nitrogen and oxygen atoms in total. The predicted molar refractivity (Wildman–Crippen MR) is 94.7 cm³/mol. The van der Waals surface area contributed by atoms with Gasteiger partial charge in [0.25, 0.3) is 0 Å². The zero-order valence-corrected chi connectivity index (χ0v) is 14.4. The number of rotatable bonds is 4. The van der Waals surface area contributed by atoms with Crippen molar-refractivity contribution in [2.75, 3.05) is 18.8 Å². The van der Waals surface area contributed by atoms with Crippen molar-refractivity contribution >= 4 is 39.2 Å². The monoisotopic (exact) mass is 359 g/mol. The number of amides is 1. The Kier molecular flexibility index (Phi) is 4.20. The van der Waals surface area contributed by atoms with Crippen molar-refractivity contribution in [3.8, 4) is 11.1 Å². The van der Waals surface area contributed by atoms with Crippen LogP contribution in [-0.2, 0) is 4.79 Å². The van der Waals surface area contributed by atoms with Crippen molar-refractivity contribution in [3.63, 3.8) is 0 Å². The number of thioether (sulfide) groups is 1. The quantitative estimate of drug-likeness (QED) is 0.525. The number of likely N-dealkylation sites (tertiary alicyclic amines) is 1. The number of nitrogens with zero attached hydrogens (tertiary/aromatic N) is 3. The van der Waals surface area contributed by atoms with Gasteiger partial charge in [-0.15, -0.1) is 11.3 Å². The number of benzene rings is 1. The summed E-state index contributed by atoms with van der Waals surface area (Å²) in [6.45, 7) is 1.72. The first-order valence-electron chi connectivity index (χ1n) is 7.61. The molecule has 122 valence electrons. The average molecular weight is 359 g/mol. The van der Waals surface area contributed by atoms with Gasteiger partial charge in [0.15, 0.2) is 0 Å². The lowest BCUT2D eigenvalue weighted by Gasteiger charge is -2.30. The summed E-state index contributed by atoms with van der Waals surface area (Å²) in [5.41, 5.74) is 1.91. The minimum atomic E-state index is -0.260. The van der Waals surface area contributed by atoms with Crippen molar-refractivity contribution in [1.82, 2.24) is 14.9 Å². The molecule has 0 saturated carbocycles. The Morgan fingerprint density at radius 2 is 2.04 bits per heavy atom. The fourth-order valence-electron chi connectivity index (χ4n) is 2.59. The van der Waals surface area contributed by atoms with Crippen LogP contribution in [0, 0.1) is 5.82 Å². The number of carbonyl (C=O) groups excluding carboxylic acids is 1. The van der Waals surface area contributed by atoms with E-state index in [1.54, 1.807) is 12.1 Å². The van der Waals surface area contributed by atoms with E-state index in [4.69, 9.17) is 0 Å². The first-order valence-corrected chi connectivity index (χ1v) is 9.47. The smallest absolute Gasteiger partial charge is 0.232 e. The molecule has 3 aromatic rings. The Morgan fingerprint density at radius 1 is 1.25 bits per heavy atom. The van der Waals surface area contributed by atoms with Crippen molar-refractivity contribution in [2.24, 2.45) is 0 Å². The van der Waals surface area contributed by atoms with Crippen molar-refractivity contribution in [1.29, 1.82) is 0 Å². The van der Waals surface area contributed by atoms with Crippen molar-refractivity contribution < 1.29 is 9.18 Å². The summed E-state index contributed by atoms with van der Waals surface area (Å²) in [5.74, 6) is 0.269. The van der Waals surface area contributed by atoms with E-state index < -0.39 is 0 Å². The molecule has 0 spiro atoms. The Morgan fingerprint density at radius 3 is 2.75 bits per heavy atom. The van der Waals surface area contributed by atoms with Gasteiger partial charge in [-0.25, -0.2) is 14.4 Å². The van der Waals surface area contributed by atoms with Crippen LogP contribution in [0.25, 0.3) is 21.3 Å². The van der Waals surface area contributed by atoms with E-state index in [-0.39, 0.29) is 11.7 Å². The van der Waals surface area contributed by atoms with Crippen LogP contribution in [-0.4, -0.2) is 39.6 Å². The fourth-order valence-corrected chi connectivity index (χ4v) is 4.48. The molecule has 3 heterocycles. The SMILES string of the molecule is O=C(CSc1ncnc2scc(-c3ccc(F)cc3)c12)N1CCC1. The van der Waals surface area contributed by atoms with Gasteiger partial charge in [0, 0.05) is 24.0 Å². The molecule has 1 aliphatic rings. The van der Waals surface area contributed by atoms with Gasteiger partial charge in [-0.1, -0.05) is 23.9 Å². The maximum absolute atomic E-state index is 13.2. The van der Waals surface area contributed by atoms with Crippen LogP contribution in [0.15, 0.2) is 41.0 Å². The van der Waals surface area contributed by atoms with Crippen LogP contribution in [0.5, 0.6) is 0 Å². The highest BCUT2D eigenvalue weighted by atomic mass is 32.2. The van der Waals surface area contributed by atoms with Crippen LogP contribution in [0.2, 0.25) is 0 Å². The van der Waals surface area contributed by atoms with Gasteiger partial charge in [-0.3, -0.25) is 4.79 Å². The van der Waals surface area contributed by atoms with Gasteiger partial charge in [0.2, 0.25) is 5.91 Å². The molecule has 7 heteroatoms. The number of aromatic nitrogens is 2. The fraction of sp³-hybridized carbons (Fsp3) is 0.235. The zero-order chi connectivity index (χ0) is 16.5. The lowest BCUT2D eigenvalue weighted by Crippen LogP contribution is -2.43. The summed E-state index contributed by atoms with van der Waals surface area (Å²) in [5, 5.41) is 3.75. The molecule has 2 aromatic heterocycles. The summed E-state index contributed by atoms with van der Waals surface area (Å²) in [6.07, 6.45) is 2.62. The third-order valence-electron chi connectivity index (χ3n) is 4.03. The maximum Gasteiger partial charge on any atom is 0.232 e. The second-order valence-corrected chi connectivity index (χ2v) is 7.36. The molecule has 4 rings (SSSR count). The third kappa shape index (κ3) is 2.89. The summed E-state index contributed by atoms with van der Waals surface area (Å²) in [6, 6.07) is 6.40. The molecule has 0 unspecified atom stereocenters. The average Bonchev–Trinajstić information content (AvgIpc) is 2.97. The Labute approximate surface area is 146 Å². The number of hydrogen-bond donors (Lipinski definition) is 0. The second kappa shape index (κ2) is 6.49. The number of halogens is 1. The van der Waals surface area contributed by atoms with Gasteiger partial charge < -0.3 is 4.90 Å². The molecule has 1 saturated heterocycles. The first-order chi connectivity index (χ1) is 11.7. The van der Waals surface area contributed by atoms with Gasteiger partial charge in [0.1, 0.15) is 22.0 Å². The first kappa shape index (κ1) is 15.5. The summed E-state index contributed by atoms with van der Waals surface area (Å²) < 4.78 is 13.2. The van der Waals surface area contributed by atoms with Gasteiger partial charge in [0.05, 0.1) is 11.1 Å². The molecule has 0 radical (unpaired) electrons. The highest BCUT2D eigenvalue weighted by molar-refractivity contribution is 8.00. The highest BCUT2D eigenvalue weighted by Crippen LogP contribution is 2.37. The molecule has 0 aliphatic carbocycles. The van der Waals surface area contributed by atoms with Crippen LogP contribution in [0.1, 0.15) is 6.42 Å². The summed E-state index contributed by atoms with van der Waals surface area (Å²) >= 11 is 2.97. The number of fused-ring (bicyclic) bond motifs is 1.